The van der Waals surface area contributed by atoms with E-state index in [-0.39, 0.29) is 17.3 Å². The smallest absolute Gasteiger partial charge is 0.314 e. The van der Waals surface area contributed by atoms with Gasteiger partial charge >= 0.3 is 6.03 Å². The lowest BCUT2D eigenvalue weighted by Crippen LogP contribution is -2.43. The van der Waals surface area contributed by atoms with Gasteiger partial charge in [-0.2, -0.15) is 0 Å². The van der Waals surface area contributed by atoms with Crippen LogP contribution in [0.4, 0.5) is 9.18 Å². The van der Waals surface area contributed by atoms with Crippen LogP contribution in [0, 0.1) is 5.82 Å². The van der Waals surface area contributed by atoms with Gasteiger partial charge in [0.2, 0.25) is 0 Å². The maximum Gasteiger partial charge on any atom is 0.314 e. The Morgan fingerprint density at radius 2 is 1.80 bits per heavy atom. The van der Waals surface area contributed by atoms with Crippen molar-refractivity contribution in [2.75, 3.05) is 33.7 Å². The van der Waals surface area contributed by atoms with Crippen LogP contribution in [0.1, 0.15) is 19.4 Å². The third-order valence-electron chi connectivity index (χ3n) is 3.16. The highest BCUT2D eigenvalue weighted by molar-refractivity contribution is 5.73. The molecule has 0 aliphatic carbocycles. The molecule has 0 aliphatic heterocycles. The van der Waals surface area contributed by atoms with Gasteiger partial charge in [-0.25, -0.2) is 9.18 Å². The number of nitrogens with one attached hydrogen (secondary N) is 2. The van der Waals surface area contributed by atoms with Crippen molar-refractivity contribution in [1.29, 1.82) is 0 Å². The van der Waals surface area contributed by atoms with Crippen LogP contribution in [-0.4, -0.2) is 44.7 Å². The quantitative estimate of drug-likeness (QED) is 0.837. The zero-order valence-electron chi connectivity index (χ0n) is 12.7. The van der Waals surface area contributed by atoms with E-state index >= 15 is 0 Å². The Hall–Kier alpha value is -1.62. The second kappa shape index (κ2) is 7.24. The third-order valence-corrected chi connectivity index (χ3v) is 3.16. The van der Waals surface area contributed by atoms with Crippen molar-refractivity contribution >= 4 is 6.03 Å². The van der Waals surface area contributed by atoms with E-state index in [0.717, 1.165) is 12.1 Å². The monoisotopic (exact) mass is 281 g/mol. The zero-order valence-corrected chi connectivity index (χ0v) is 12.7. The Balaban J connectivity index is 2.42. The molecular weight excluding hydrogens is 257 g/mol. The first-order valence-electron chi connectivity index (χ1n) is 6.74. The summed E-state index contributed by atoms with van der Waals surface area (Å²) in [6.07, 6.45) is 0. The fourth-order valence-electron chi connectivity index (χ4n) is 1.76. The second-order valence-electron chi connectivity index (χ2n) is 5.80. The molecule has 5 heteroatoms. The highest BCUT2D eigenvalue weighted by Crippen LogP contribution is 2.22. The molecule has 0 heterocycles. The van der Waals surface area contributed by atoms with Gasteiger partial charge < -0.3 is 15.5 Å². The lowest BCUT2D eigenvalue weighted by molar-refractivity contribution is 0.237. The largest absolute Gasteiger partial charge is 0.337 e. The molecule has 1 aromatic carbocycles. The number of urea groups is 1. The molecule has 2 N–H and O–H groups in total. The maximum absolute atomic E-state index is 12.9. The van der Waals surface area contributed by atoms with Crippen molar-refractivity contribution in [3.8, 4) is 0 Å². The molecule has 4 nitrogen and oxygen atoms in total. The van der Waals surface area contributed by atoms with E-state index in [9.17, 15) is 9.18 Å². The van der Waals surface area contributed by atoms with Crippen LogP contribution in [0.2, 0.25) is 0 Å². The first-order valence-corrected chi connectivity index (χ1v) is 6.74. The number of halogens is 1. The number of hydrogen-bond acceptors (Lipinski definition) is 2. The van der Waals surface area contributed by atoms with Crippen molar-refractivity contribution in [2.24, 2.45) is 0 Å². The van der Waals surface area contributed by atoms with Crippen molar-refractivity contribution in [2.45, 2.75) is 19.3 Å². The number of carbonyl (C=O) groups is 1. The topological polar surface area (TPSA) is 44.4 Å². The summed E-state index contributed by atoms with van der Waals surface area (Å²) >= 11 is 0. The van der Waals surface area contributed by atoms with Crippen LogP contribution in [0.15, 0.2) is 24.3 Å². The average molecular weight is 281 g/mol. The number of carbonyl (C=O) groups excluding carboxylic acids is 1. The summed E-state index contributed by atoms with van der Waals surface area (Å²) in [5.74, 6) is -0.251. The molecule has 1 aromatic rings. The molecule has 0 spiro atoms. The molecule has 0 aliphatic rings. The van der Waals surface area contributed by atoms with E-state index in [4.69, 9.17) is 0 Å². The molecule has 20 heavy (non-hydrogen) atoms. The summed E-state index contributed by atoms with van der Waals surface area (Å²) in [5, 5.41) is 5.64. The molecule has 0 saturated heterocycles. The maximum atomic E-state index is 12.9. The molecule has 2 amide bonds. The highest BCUT2D eigenvalue weighted by atomic mass is 19.1. The summed E-state index contributed by atoms with van der Waals surface area (Å²) < 4.78 is 12.9. The molecular formula is C15H24FN3O. The lowest BCUT2D eigenvalue weighted by atomic mass is 9.84. The van der Waals surface area contributed by atoms with E-state index in [1.54, 1.807) is 12.1 Å². The number of benzene rings is 1. The van der Waals surface area contributed by atoms with Crippen LogP contribution in [0.5, 0.6) is 0 Å². The van der Waals surface area contributed by atoms with Gasteiger partial charge in [-0.05, 0) is 31.8 Å². The fraction of sp³-hybridized carbons (Fsp3) is 0.533. The molecule has 0 atom stereocenters. The van der Waals surface area contributed by atoms with E-state index in [2.05, 4.69) is 10.6 Å². The predicted molar refractivity (Wildman–Crippen MR) is 79.4 cm³/mol. The second-order valence-corrected chi connectivity index (χ2v) is 5.80. The summed E-state index contributed by atoms with van der Waals surface area (Å²) in [6.45, 7) is 5.93. The molecule has 1 rings (SSSR count). The first-order chi connectivity index (χ1) is 9.31. The molecule has 0 fully saturated rings. The van der Waals surface area contributed by atoms with Gasteiger partial charge in [-0.15, -0.1) is 0 Å². The lowest BCUT2D eigenvalue weighted by Gasteiger charge is -2.25. The predicted octanol–water partition coefficient (Wildman–Crippen LogP) is 1.96. The minimum atomic E-state index is -0.251. The van der Waals surface area contributed by atoms with Crippen molar-refractivity contribution < 1.29 is 9.18 Å². The molecule has 0 unspecified atom stereocenters. The van der Waals surface area contributed by atoms with Gasteiger partial charge in [0.05, 0.1) is 0 Å². The first kappa shape index (κ1) is 16.4. The van der Waals surface area contributed by atoms with Gasteiger partial charge in [0.1, 0.15) is 5.82 Å². The highest BCUT2D eigenvalue weighted by Gasteiger charge is 2.21. The normalized spacial score (nSPS) is 11.5. The van der Waals surface area contributed by atoms with Crippen LogP contribution < -0.4 is 10.6 Å². The third kappa shape index (κ3) is 5.57. The van der Waals surface area contributed by atoms with Crippen molar-refractivity contribution in [3.63, 3.8) is 0 Å². The van der Waals surface area contributed by atoms with E-state index in [1.807, 2.05) is 32.8 Å². The fourth-order valence-corrected chi connectivity index (χ4v) is 1.76. The van der Waals surface area contributed by atoms with Crippen molar-refractivity contribution in [1.82, 2.24) is 15.5 Å². The van der Waals surface area contributed by atoms with Crippen LogP contribution in [0.3, 0.4) is 0 Å². The van der Waals surface area contributed by atoms with Gasteiger partial charge in [-0.3, -0.25) is 0 Å². The molecule has 0 saturated carbocycles. The van der Waals surface area contributed by atoms with Gasteiger partial charge in [0.15, 0.2) is 0 Å². The number of amides is 2. The molecule has 0 aromatic heterocycles. The Morgan fingerprint density at radius 1 is 1.20 bits per heavy atom. The Bertz CT molecular complexity index is 429. The molecule has 0 bridgehead atoms. The SMILES string of the molecule is CN(C)CCNC(=O)NCC(C)(C)c1ccc(F)cc1. The summed E-state index contributed by atoms with van der Waals surface area (Å²) in [6, 6.07) is 6.20. The Morgan fingerprint density at radius 3 is 2.35 bits per heavy atom. The van der Waals surface area contributed by atoms with Gasteiger partial charge in [0, 0.05) is 25.0 Å². The van der Waals surface area contributed by atoms with Crippen LogP contribution in [-0.2, 0) is 5.41 Å². The van der Waals surface area contributed by atoms with E-state index < -0.39 is 0 Å². The number of hydrogen-bond donors (Lipinski definition) is 2. The Labute approximate surface area is 120 Å². The van der Waals surface area contributed by atoms with E-state index in [0.29, 0.717) is 13.1 Å². The van der Waals surface area contributed by atoms with Crippen LogP contribution in [0.25, 0.3) is 0 Å². The summed E-state index contributed by atoms with van der Waals surface area (Å²) in [5.41, 5.74) is 0.750. The van der Waals surface area contributed by atoms with Gasteiger partial charge in [-0.1, -0.05) is 26.0 Å². The molecule has 0 radical (unpaired) electrons. The minimum absolute atomic E-state index is 0.179. The Kier molecular flexibility index (Phi) is 5.95. The van der Waals surface area contributed by atoms with Crippen LogP contribution >= 0.6 is 0 Å². The summed E-state index contributed by atoms with van der Waals surface area (Å²) in [4.78, 5) is 13.7. The minimum Gasteiger partial charge on any atom is -0.337 e. The summed E-state index contributed by atoms with van der Waals surface area (Å²) in [7, 11) is 3.91. The number of rotatable bonds is 6. The molecule has 112 valence electrons. The number of nitrogens with zero attached hydrogens (tertiary/aromatic N) is 1. The van der Waals surface area contributed by atoms with Gasteiger partial charge in [0.25, 0.3) is 0 Å². The van der Waals surface area contributed by atoms with E-state index in [1.165, 1.54) is 12.1 Å². The number of likely N-dealkylation sites (N-methyl/N-ethyl adjacent to an activating group) is 1. The standard InChI is InChI=1S/C15H24FN3O/c1-15(2,12-5-7-13(16)8-6-12)11-18-14(20)17-9-10-19(3)4/h5-8H,9-11H2,1-4H3,(H2,17,18,20). The zero-order chi connectivity index (χ0) is 15.2. The van der Waals surface area contributed by atoms with Crippen molar-refractivity contribution in [3.05, 3.63) is 35.6 Å². The average Bonchev–Trinajstić information content (AvgIpc) is 2.36.